The predicted octanol–water partition coefficient (Wildman–Crippen LogP) is 5.35. The molecule has 0 atom stereocenters. The standard InChI is InChI=1S/C26H25N3O2/c30-25(20-14-16-29(17-15-20)18-19-6-2-1-3-7-19)27-22-12-10-21(11-13-22)26-28-23-8-4-5-9-24(23)31-26/h1-13,20H,14-18H2,(H,27,30). The number of carbonyl (C=O) groups is 1. The highest BCUT2D eigenvalue weighted by Crippen LogP contribution is 2.26. The number of aromatic nitrogens is 1. The van der Waals surface area contributed by atoms with Crippen molar-refractivity contribution in [2.75, 3.05) is 18.4 Å². The molecule has 1 aliphatic heterocycles. The number of amides is 1. The number of para-hydroxylation sites is 2. The number of oxazole rings is 1. The van der Waals surface area contributed by atoms with Gasteiger partial charge in [0.25, 0.3) is 0 Å². The summed E-state index contributed by atoms with van der Waals surface area (Å²) < 4.78 is 5.82. The number of piperidine rings is 1. The van der Waals surface area contributed by atoms with E-state index in [1.807, 2.05) is 54.6 Å². The first-order valence-electron chi connectivity index (χ1n) is 10.8. The quantitative estimate of drug-likeness (QED) is 0.481. The smallest absolute Gasteiger partial charge is 0.227 e. The van der Waals surface area contributed by atoms with Gasteiger partial charge in [-0.15, -0.1) is 0 Å². The van der Waals surface area contributed by atoms with E-state index in [0.29, 0.717) is 5.89 Å². The first kappa shape index (κ1) is 19.5. The van der Waals surface area contributed by atoms with E-state index in [9.17, 15) is 4.79 Å². The van der Waals surface area contributed by atoms with Crippen molar-refractivity contribution in [1.82, 2.24) is 9.88 Å². The molecule has 0 aliphatic carbocycles. The third-order valence-electron chi connectivity index (χ3n) is 5.90. The van der Waals surface area contributed by atoms with Crippen LogP contribution in [0.5, 0.6) is 0 Å². The zero-order valence-corrected chi connectivity index (χ0v) is 17.3. The van der Waals surface area contributed by atoms with Gasteiger partial charge in [0.05, 0.1) is 0 Å². The van der Waals surface area contributed by atoms with Crippen LogP contribution in [0.3, 0.4) is 0 Å². The topological polar surface area (TPSA) is 58.4 Å². The molecule has 3 aromatic carbocycles. The van der Waals surface area contributed by atoms with Crippen molar-refractivity contribution in [2.24, 2.45) is 5.92 Å². The van der Waals surface area contributed by atoms with Crippen molar-refractivity contribution in [1.29, 1.82) is 0 Å². The number of hydrogen-bond acceptors (Lipinski definition) is 4. The fraction of sp³-hybridized carbons (Fsp3) is 0.231. The molecule has 5 rings (SSSR count). The van der Waals surface area contributed by atoms with Crippen molar-refractivity contribution in [3.05, 3.63) is 84.4 Å². The van der Waals surface area contributed by atoms with Gasteiger partial charge in [0.1, 0.15) is 5.52 Å². The summed E-state index contributed by atoms with van der Waals surface area (Å²) in [7, 11) is 0. The number of anilines is 1. The van der Waals surface area contributed by atoms with Gasteiger partial charge in [-0.25, -0.2) is 4.98 Å². The number of rotatable bonds is 5. The molecule has 1 aliphatic rings. The van der Waals surface area contributed by atoms with Gasteiger partial charge in [-0.3, -0.25) is 9.69 Å². The minimum absolute atomic E-state index is 0.0590. The van der Waals surface area contributed by atoms with Crippen LogP contribution in [0.25, 0.3) is 22.6 Å². The minimum atomic E-state index is 0.0590. The molecule has 31 heavy (non-hydrogen) atoms. The second-order valence-corrected chi connectivity index (χ2v) is 8.09. The van der Waals surface area contributed by atoms with Crippen LogP contribution in [0.2, 0.25) is 0 Å². The van der Waals surface area contributed by atoms with E-state index in [0.717, 1.165) is 54.8 Å². The molecule has 1 fully saturated rings. The highest BCUT2D eigenvalue weighted by atomic mass is 16.3. The van der Waals surface area contributed by atoms with E-state index in [4.69, 9.17) is 4.42 Å². The lowest BCUT2D eigenvalue weighted by molar-refractivity contribution is -0.121. The van der Waals surface area contributed by atoms with Crippen LogP contribution in [0.15, 0.2) is 83.3 Å². The molecule has 1 amide bonds. The molecule has 1 saturated heterocycles. The average molecular weight is 412 g/mol. The Balaban J connectivity index is 1.16. The monoisotopic (exact) mass is 411 g/mol. The molecule has 156 valence electrons. The molecule has 0 radical (unpaired) electrons. The molecule has 0 spiro atoms. The van der Waals surface area contributed by atoms with Crippen molar-refractivity contribution in [3.63, 3.8) is 0 Å². The van der Waals surface area contributed by atoms with Crippen LogP contribution in [-0.2, 0) is 11.3 Å². The van der Waals surface area contributed by atoms with Gasteiger partial charge in [0.15, 0.2) is 5.58 Å². The zero-order valence-electron chi connectivity index (χ0n) is 17.3. The van der Waals surface area contributed by atoms with E-state index in [1.54, 1.807) is 0 Å². The highest BCUT2D eigenvalue weighted by molar-refractivity contribution is 5.92. The maximum atomic E-state index is 12.7. The SMILES string of the molecule is O=C(Nc1ccc(-c2nc3ccccc3o2)cc1)C1CCN(Cc2ccccc2)CC1. The van der Waals surface area contributed by atoms with Gasteiger partial charge in [0, 0.05) is 23.7 Å². The highest BCUT2D eigenvalue weighted by Gasteiger charge is 2.25. The lowest BCUT2D eigenvalue weighted by atomic mass is 9.95. The molecule has 1 N–H and O–H groups in total. The third-order valence-corrected chi connectivity index (χ3v) is 5.90. The van der Waals surface area contributed by atoms with Crippen LogP contribution in [0.4, 0.5) is 5.69 Å². The Morgan fingerprint density at radius 3 is 2.39 bits per heavy atom. The molecule has 0 saturated carbocycles. The maximum absolute atomic E-state index is 12.7. The number of carbonyl (C=O) groups excluding carboxylic acids is 1. The zero-order chi connectivity index (χ0) is 21.0. The van der Waals surface area contributed by atoms with Gasteiger partial charge in [-0.1, -0.05) is 42.5 Å². The van der Waals surface area contributed by atoms with Crippen molar-refractivity contribution < 1.29 is 9.21 Å². The van der Waals surface area contributed by atoms with Gasteiger partial charge in [-0.2, -0.15) is 0 Å². The average Bonchev–Trinajstić information content (AvgIpc) is 3.25. The first-order chi connectivity index (χ1) is 15.2. The van der Waals surface area contributed by atoms with E-state index in [1.165, 1.54) is 5.56 Å². The summed E-state index contributed by atoms with van der Waals surface area (Å²) in [6.45, 7) is 2.85. The minimum Gasteiger partial charge on any atom is -0.436 e. The number of hydrogen-bond donors (Lipinski definition) is 1. The van der Waals surface area contributed by atoms with Gasteiger partial charge in [-0.05, 0) is 67.9 Å². The van der Waals surface area contributed by atoms with Gasteiger partial charge >= 0.3 is 0 Å². The van der Waals surface area contributed by atoms with Crippen LogP contribution in [-0.4, -0.2) is 28.9 Å². The maximum Gasteiger partial charge on any atom is 0.227 e. The van der Waals surface area contributed by atoms with Crippen molar-refractivity contribution in [3.8, 4) is 11.5 Å². The molecule has 2 heterocycles. The Kier molecular flexibility index (Phi) is 5.50. The molecule has 1 aromatic heterocycles. The number of nitrogens with zero attached hydrogens (tertiary/aromatic N) is 2. The Hall–Kier alpha value is -3.44. The Labute approximate surface area is 181 Å². The molecular weight excluding hydrogens is 386 g/mol. The van der Waals surface area contributed by atoms with Gasteiger partial charge in [0.2, 0.25) is 11.8 Å². The van der Waals surface area contributed by atoms with Crippen LogP contribution < -0.4 is 5.32 Å². The largest absolute Gasteiger partial charge is 0.436 e. The van der Waals surface area contributed by atoms with Gasteiger partial charge < -0.3 is 9.73 Å². The van der Waals surface area contributed by atoms with Crippen LogP contribution in [0, 0.1) is 5.92 Å². The Morgan fingerprint density at radius 1 is 0.935 bits per heavy atom. The summed E-state index contributed by atoms with van der Waals surface area (Å²) in [5.74, 6) is 0.752. The molecule has 5 heteroatoms. The summed E-state index contributed by atoms with van der Waals surface area (Å²) in [6, 6.07) is 25.9. The number of likely N-dealkylation sites (tertiary alicyclic amines) is 1. The summed E-state index contributed by atoms with van der Waals surface area (Å²) in [6.07, 6.45) is 1.78. The molecular formula is C26H25N3O2. The van der Waals surface area contributed by atoms with Crippen LogP contribution in [0.1, 0.15) is 18.4 Å². The Morgan fingerprint density at radius 2 is 1.65 bits per heavy atom. The number of nitrogens with one attached hydrogen (secondary N) is 1. The summed E-state index contributed by atoms with van der Waals surface area (Å²) >= 11 is 0. The second-order valence-electron chi connectivity index (χ2n) is 8.09. The predicted molar refractivity (Wildman–Crippen MR) is 123 cm³/mol. The fourth-order valence-electron chi connectivity index (χ4n) is 4.13. The normalized spacial score (nSPS) is 15.2. The first-order valence-corrected chi connectivity index (χ1v) is 10.8. The molecule has 0 bridgehead atoms. The molecule has 5 nitrogen and oxygen atoms in total. The fourth-order valence-corrected chi connectivity index (χ4v) is 4.13. The third kappa shape index (κ3) is 4.52. The van der Waals surface area contributed by atoms with Crippen molar-refractivity contribution >= 4 is 22.7 Å². The van der Waals surface area contributed by atoms with E-state index in [-0.39, 0.29) is 11.8 Å². The lowest BCUT2D eigenvalue weighted by Gasteiger charge is -2.31. The van der Waals surface area contributed by atoms with E-state index < -0.39 is 0 Å². The number of benzene rings is 3. The van der Waals surface area contributed by atoms with E-state index >= 15 is 0 Å². The van der Waals surface area contributed by atoms with E-state index in [2.05, 4.69) is 39.5 Å². The summed E-state index contributed by atoms with van der Waals surface area (Å²) in [5, 5.41) is 3.07. The number of fused-ring (bicyclic) bond motifs is 1. The Bertz CT molecular complexity index is 1130. The molecule has 4 aromatic rings. The second kappa shape index (κ2) is 8.74. The molecule has 0 unspecified atom stereocenters. The summed E-state index contributed by atoms with van der Waals surface area (Å²) in [5.41, 5.74) is 4.63. The lowest BCUT2D eigenvalue weighted by Crippen LogP contribution is -2.37. The summed E-state index contributed by atoms with van der Waals surface area (Å²) in [4.78, 5) is 19.7. The van der Waals surface area contributed by atoms with Crippen molar-refractivity contribution in [2.45, 2.75) is 19.4 Å². The van der Waals surface area contributed by atoms with Crippen LogP contribution >= 0.6 is 0 Å².